The van der Waals surface area contributed by atoms with Crippen LogP contribution in [0.4, 0.5) is 10.3 Å². The normalized spacial score (nSPS) is 11.1. The molecule has 0 bridgehead atoms. The van der Waals surface area contributed by atoms with E-state index in [1.807, 2.05) is 16.7 Å². The van der Waals surface area contributed by atoms with Gasteiger partial charge in [-0.05, 0) is 12.1 Å². The molecule has 1 aromatic carbocycles. The molecule has 2 N–H and O–H groups in total. The van der Waals surface area contributed by atoms with E-state index in [1.54, 1.807) is 12.3 Å². The van der Waals surface area contributed by atoms with Crippen LogP contribution in [0.5, 0.6) is 5.75 Å². The maximum Gasteiger partial charge on any atom is 0.201 e. The zero-order valence-electron chi connectivity index (χ0n) is 11.0. The van der Waals surface area contributed by atoms with Gasteiger partial charge in [0.05, 0.1) is 24.4 Å². The van der Waals surface area contributed by atoms with Crippen LogP contribution in [0.3, 0.4) is 0 Å². The number of methoxy groups -OCH3 is 1. The highest BCUT2D eigenvalue weighted by atomic mass is 19.1. The fourth-order valence-corrected chi connectivity index (χ4v) is 2.21. The number of aromatic nitrogens is 2. The number of fused-ring (bicyclic) bond motifs is 1. The molecular weight excluding hydrogens is 261 g/mol. The lowest BCUT2D eigenvalue weighted by molar-refractivity contribution is 0.387. The second-order valence-electron chi connectivity index (χ2n) is 4.43. The molecule has 0 unspecified atom stereocenters. The van der Waals surface area contributed by atoms with Crippen LogP contribution in [0.15, 0.2) is 34.9 Å². The summed E-state index contributed by atoms with van der Waals surface area (Å²) in [7, 11) is 1.43. The summed E-state index contributed by atoms with van der Waals surface area (Å²) in [6.07, 6.45) is 2.31. The zero-order chi connectivity index (χ0) is 14.1. The van der Waals surface area contributed by atoms with Gasteiger partial charge >= 0.3 is 0 Å². The van der Waals surface area contributed by atoms with Gasteiger partial charge in [0.25, 0.3) is 0 Å². The van der Waals surface area contributed by atoms with E-state index in [-0.39, 0.29) is 5.75 Å². The first-order valence-electron chi connectivity index (χ1n) is 6.20. The van der Waals surface area contributed by atoms with Crippen molar-refractivity contribution in [1.29, 1.82) is 0 Å². The number of ether oxygens (including phenoxy) is 1. The Labute approximate surface area is 114 Å². The van der Waals surface area contributed by atoms with E-state index < -0.39 is 5.82 Å². The molecule has 0 saturated heterocycles. The van der Waals surface area contributed by atoms with E-state index in [4.69, 9.17) is 14.9 Å². The average molecular weight is 275 g/mol. The second kappa shape index (κ2) is 4.88. The highest BCUT2D eigenvalue weighted by Crippen LogP contribution is 2.26. The van der Waals surface area contributed by atoms with Crippen LogP contribution < -0.4 is 10.5 Å². The Balaban J connectivity index is 1.98. The molecule has 0 atom stereocenters. The van der Waals surface area contributed by atoms with Gasteiger partial charge in [-0.25, -0.2) is 9.37 Å². The van der Waals surface area contributed by atoms with Crippen LogP contribution in [-0.4, -0.2) is 16.7 Å². The van der Waals surface area contributed by atoms with Gasteiger partial charge in [0, 0.05) is 25.1 Å². The Kier molecular flexibility index (Phi) is 3.06. The summed E-state index contributed by atoms with van der Waals surface area (Å²) in [4.78, 5) is 4.16. The summed E-state index contributed by atoms with van der Waals surface area (Å²) < 4.78 is 25.7. The number of nitrogen functional groups attached to an aromatic ring is 1. The average Bonchev–Trinajstić information content (AvgIpc) is 3.03. The van der Waals surface area contributed by atoms with Crippen LogP contribution in [0.25, 0.3) is 11.0 Å². The molecule has 3 aromatic rings. The minimum atomic E-state index is -0.448. The first-order chi connectivity index (χ1) is 9.69. The molecular formula is C14H14FN3O2. The largest absolute Gasteiger partial charge is 0.494 e. The minimum absolute atomic E-state index is 0.177. The maximum absolute atomic E-state index is 13.6. The van der Waals surface area contributed by atoms with Crippen LogP contribution in [0, 0.1) is 5.82 Å². The lowest BCUT2D eigenvalue weighted by Gasteiger charge is -2.06. The van der Waals surface area contributed by atoms with Crippen molar-refractivity contribution in [1.82, 2.24) is 9.55 Å². The molecule has 0 radical (unpaired) electrons. The number of rotatable bonds is 4. The van der Waals surface area contributed by atoms with E-state index in [0.717, 1.165) is 11.3 Å². The van der Waals surface area contributed by atoms with E-state index in [2.05, 4.69) is 4.98 Å². The molecule has 0 spiro atoms. The topological polar surface area (TPSA) is 66.2 Å². The summed E-state index contributed by atoms with van der Waals surface area (Å²) in [5.74, 6) is 0.937. The van der Waals surface area contributed by atoms with Crippen molar-refractivity contribution in [2.24, 2.45) is 0 Å². The monoisotopic (exact) mass is 275 g/mol. The highest BCUT2D eigenvalue weighted by Gasteiger charge is 2.13. The molecule has 2 heterocycles. The highest BCUT2D eigenvalue weighted by molar-refractivity contribution is 5.80. The van der Waals surface area contributed by atoms with Crippen molar-refractivity contribution in [3.8, 4) is 5.75 Å². The van der Waals surface area contributed by atoms with Crippen molar-refractivity contribution < 1.29 is 13.5 Å². The first-order valence-corrected chi connectivity index (χ1v) is 6.20. The van der Waals surface area contributed by atoms with Gasteiger partial charge in [-0.3, -0.25) is 0 Å². The quantitative estimate of drug-likeness (QED) is 0.794. The van der Waals surface area contributed by atoms with Crippen LogP contribution in [0.1, 0.15) is 5.76 Å². The number of nitrogens with zero attached hydrogens (tertiary/aromatic N) is 2. The predicted molar refractivity (Wildman–Crippen MR) is 73.1 cm³/mol. The molecule has 0 aliphatic rings. The lowest BCUT2D eigenvalue weighted by atomic mass is 10.2. The minimum Gasteiger partial charge on any atom is -0.494 e. The molecule has 2 aromatic heterocycles. The van der Waals surface area contributed by atoms with E-state index >= 15 is 0 Å². The molecule has 0 saturated carbocycles. The van der Waals surface area contributed by atoms with Gasteiger partial charge in [0.15, 0.2) is 11.6 Å². The molecule has 6 heteroatoms. The number of aryl methyl sites for hydroxylation is 2. The van der Waals surface area contributed by atoms with Gasteiger partial charge in [0.2, 0.25) is 5.95 Å². The fourth-order valence-electron chi connectivity index (χ4n) is 2.21. The lowest BCUT2D eigenvalue weighted by Crippen LogP contribution is -2.05. The van der Waals surface area contributed by atoms with Crippen molar-refractivity contribution in [2.45, 2.75) is 13.0 Å². The summed E-state index contributed by atoms with van der Waals surface area (Å²) in [6, 6.07) is 6.67. The van der Waals surface area contributed by atoms with Crippen LogP contribution in [0.2, 0.25) is 0 Å². The fraction of sp³-hybridized carbons (Fsp3) is 0.214. The number of halogens is 1. The van der Waals surface area contributed by atoms with Crippen molar-refractivity contribution in [3.05, 3.63) is 42.1 Å². The third-order valence-electron chi connectivity index (χ3n) is 3.21. The van der Waals surface area contributed by atoms with Crippen molar-refractivity contribution in [2.75, 3.05) is 12.8 Å². The van der Waals surface area contributed by atoms with E-state index in [1.165, 1.54) is 13.2 Å². The summed E-state index contributed by atoms with van der Waals surface area (Å²) >= 11 is 0. The Morgan fingerprint density at radius 1 is 1.45 bits per heavy atom. The Bertz CT molecular complexity index is 735. The first kappa shape index (κ1) is 12.5. The predicted octanol–water partition coefficient (Wildman–Crippen LogP) is 2.60. The Morgan fingerprint density at radius 3 is 3.00 bits per heavy atom. The number of imidazole rings is 1. The van der Waals surface area contributed by atoms with Crippen molar-refractivity contribution in [3.63, 3.8) is 0 Å². The number of benzene rings is 1. The maximum atomic E-state index is 13.6. The smallest absolute Gasteiger partial charge is 0.201 e. The number of furan rings is 1. The SMILES string of the molecule is COc1cc2c(cc1F)nc(N)n2CCc1ccco1. The molecule has 3 rings (SSSR count). The third kappa shape index (κ3) is 2.09. The summed E-state index contributed by atoms with van der Waals surface area (Å²) in [5, 5.41) is 0. The number of hydrogen-bond acceptors (Lipinski definition) is 4. The molecule has 0 amide bonds. The molecule has 5 nitrogen and oxygen atoms in total. The molecule has 0 fully saturated rings. The number of anilines is 1. The molecule has 0 aliphatic heterocycles. The summed E-state index contributed by atoms with van der Waals surface area (Å²) in [5.41, 5.74) is 7.15. The van der Waals surface area contributed by atoms with Gasteiger partial charge in [-0.1, -0.05) is 0 Å². The Hall–Kier alpha value is -2.50. The van der Waals surface area contributed by atoms with E-state index in [9.17, 15) is 4.39 Å². The molecule has 20 heavy (non-hydrogen) atoms. The van der Waals surface area contributed by atoms with Crippen LogP contribution in [-0.2, 0) is 13.0 Å². The molecule has 104 valence electrons. The van der Waals surface area contributed by atoms with E-state index in [0.29, 0.717) is 24.4 Å². The van der Waals surface area contributed by atoms with Gasteiger partial charge in [0.1, 0.15) is 5.76 Å². The zero-order valence-corrected chi connectivity index (χ0v) is 11.0. The van der Waals surface area contributed by atoms with Gasteiger partial charge < -0.3 is 19.5 Å². The van der Waals surface area contributed by atoms with Crippen molar-refractivity contribution >= 4 is 17.0 Å². The number of nitrogens with two attached hydrogens (primary N) is 1. The Morgan fingerprint density at radius 2 is 2.30 bits per heavy atom. The molecule has 0 aliphatic carbocycles. The third-order valence-corrected chi connectivity index (χ3v) is 3.21. The second-order valence-corrected chi connectivity index (χ2v) is 4.43. The van der Waals surface area contributed by atoms with Gasteiger partial charge in [-0.2, -0.15) is 0 Å². The number of hydrogen-bond donors (Lipinski definition) is 1. The standard InChI is InChI=1S/C14H14FN3O2/c1-19-13-8-12-11(7-10(13)15)17-14(16)18(12)5-4-9-3-2-6-20-9/h2-3,6-8H,4-5H2,1H3,(H2,16,17). The summed E-state index contributed by atoms with van der Waals surface area (Å²) in [6.45, 7) is 0.602. The van der Waals surface area contributed by atoms with Crippen LogP contribution >= 0.6 is 0 Å². The van der Waals surface area contributed by atoms with Gasteiger partial charge in [-0.15, -0.1) is 0 Å².